The summed E-state index contributed by atoms with van der Waals surface area (Å²) in [4.78, 5) is 11.6. The Bertz CT molecular complexity index is 410. The number of benzene rings is 1. The quantitative estimate of drug-likeness (QED) is 0.589. The lowest BCUT2D eigenvalue weighted by Gasteiger charge is -2.09. The molecule has 0 bridgehead atoms. The molecule has 0 fully saturated rings. The van der Waals surface area contributed by atoms with Gasteiger partial charge in [0.15, 0.2) is 11.5 Å². The van der Waals surface area contributed by atoms with Crippen molar-refractivity contribution in [3.63, 3.8) is 0 Å². The molecule has 0 saturated carbocycles. The molecule has 0 radical (unpaired) electrons. The summed E-state index contributed by atoms with van der Waals surface area (Å²) in [6.07, 6.45) is 1.93. The molecule has 0 spiro atoms. The van der Waals surface area contributed by atoms with E-state index in [0.29, 0.717) is 36.8 Å². The first-order valence-electron chi connectivity index (χ1n) is 6.24. The Morgan fingerprint density at radius 3 is 2.63 bits per heavy atom. The van der Waals surface area contributed by atoms with Crippen molar-refractivity contribution in [1.82, 2.24) is 5.32 Å². The molecule has 0 aliphatic carbocycles. The van der Waals surface area contributed by atoms with Gasteiger partial charge in [-0.05, 0) is 30.5 Å². The van der Waals surface area contributed by atoms with E-state index in [4.69, 9.17) is 21.1 Å². The lowest BCUT2D eigenvalue weighted by molar-refractivity contribution is -0.121. The van der Waals surface area contributed by atoms with Crippen LogP contribution in [0.3, 0.4) is 0 Å². The zero-order valence-electron chi connectivity index (χ0n) is 11.4. The molecular weight excluding hydrogens is 266 g/mol. The molecule has 4 nitrogen and oxygen atoms in total. The maximum Gasteiger partial charge on any atom is 0.220 e. The summed E-state index contributed by atoms with van der Waals surface area (Å²) in [5.41, 5.74) is 1.05. The number of halogens is 1. The van der Waals surface area contributed by atoms with Gasteiger partial charge in [0.1, 0.15) is 0 Å². The smallest absolute Gasteiger partial charge is 0.220 e. The SMILES string of the molecule is COc1ccc(CCC(=O)NCCCCl)cc1OC. The van der Waals surface area contributed by atoms with E-state index in [1.165, 1.54) is 0 Å². The van der Waals surface area contributed by atoms with E-state index in [1.54, 1.807) is 14.2 Å². The number of hydrogen-bond acceptors (Lipinski definition) is 3. The number of rotatable bonds is 8. The maximum absolute atomic E-state index is 11.6. The largest absolute Gasteiger partial charge is 0.493 e. The Morgan fingerprint density at radius 1 is 1.26 bits per heavy atom. The van der Waals surface area contributed by atoms with Crippen molar-refractivity contribution in [2.24, 2.45) is 0 Å². The molecule has 19 heavy (non-hydrogen) atoms. The van der Waals surface area contributed by atoms with Crippen LogP contribution in [-0.4, -0.2) is 32.6 Å². The Balaban J connectivity index is 2.47. The number of nitrogens with one attached hydrogen (secondary N) is 1. The topological polar surface area (TPSA) is 47.6 Å². The Hall–Kier alpha value is -1.42. The fraction of sp³-hybridized carbons (Fsp3) is 0.500. The van der Waals surface area contributed by atoms with E-state index < -0.39 is 0 Å². The molecule has 1 rings (SSSR count). The average Bonchev–Trinajstić information content (AvgIpc) is 2.45. The van der Waals surface area contributed by atoms with Crippen LogP contribution in [0.4, 0.5) is 0 Å². The third-order valence-corrected chi connectivity index (χ3v) is 2.99. The first kappa shape index (κ1) is 15.6. The van der Waals surface area contributed by atoms with Gasteiger partial charge in [-0.3, -0.25) is 4.79 Å². The summed E-state index contributed by atoms with van der Waals surface area (Å²) < 4.78 is 10.4. The molecule has 1 aromatic rings. The molecule has 0 unspecified atom stereocenters. The highest BCUT2D eigenvalue weighted by Gasteiger charge is 2.06. The second-order valence-corrected chi connectivity index (χ2v) is 4.46. The zero-order chi connectivity index (χ0) is 14.1. The van der Waals surface area contributed by atoms with Crippen LogP contribution >= 0.6 is 11.6 Å². The Labute approximate surface area is 119 Å². The van der Waals surface area contributed by atoms with Gasteiger partial charge in [-0.25, -0.2) is 0 Å². The third-order valence-electron chi connectivity index (χ3n) is 2.72. The summed E-state index contributed by atoms with van der Waals surface area (Å²) in [5, 5.41) is 2.83. The van der Waals surface area contributed by atoms with Crippen LogP contribution in [-0.2, 0) is 11.2 Å². The average molecular weight is 286 g/mol. The minimum atomic E-state index is 0.0416. The Morgan fingerprint density at radius 2 is 2.00 bits per heavy atom. The van der Waals surface area contributed by atoms with E-state index in [0.717, 1.165) is 12.0 Å². The van der Waals surface area contributed by atoms with Crippen molar-refractivity contribution in [2.75, 3.05) is 26.6 Å². The zero-order valence-corrected chi connectivity index (χ0v) is 12.1. The monoisotopic (exact) mass is 285 g/mol. The maximum atomic E-state index is 11.6. The summed E-state index contributed by atoms with van der Waals surface area (Å²) in [6, 6.07) is 5.68. The van der Waals surface area contributed by atoms with E-state index in [9.17, 15) is 4.79 Å². The van der Waals surface area contributed by atoms with E-state index in [2.05, 4.69) is 5.32 Å². The molecule has 1 N–H and O–H groups in total. The highest BCUT2D eigenvalue weighted by molar-refractivity contribution is 6.17. The van der Waals surface area contributed by atoms with Gasteiger partial charge in [0.2, 0.25) is 5.91 Å². The number of aryl methyl sites for hydroxylation is 1. The van der Waals surface area contributed by atoms with Crippen molar-refractivity contribution in [1.29, 1.82) is 0 Å². The van der Waals surface area contributed by atoms with Crippen molar-refractivity contribution in [3.05, 3.63) is 23.8 Å². The number of carbonyl (C=O) groups excluding carboxylic acids is 1. The standard InChI is InChI=1S/C14H20ClNO3/c1-18-12-6-4-11(10-13(12)19-2)5-7-14(17)16-9-3-8-15/h4,6,10H,3,5,7-9H2,1-2H3,(H,16,17). The van der Waals surface area contributed by atoms with Gasteiger partial charge in [-0.15, -0.1) is 11.6 Å². The van der Waals surface area contributed by atoms with Gasteiger partial charge in [0.25, 0.3) is 0 Å². The highest BCUT2D eigenvalue weighted by atomic mass is 35.5. The molecule has 1 amide bonds. The second-order valence-electron chi connectivity index (χ2n) is 4.08. The van der Waals surface area contributed by atoms with Gasteiger partial charge < -0.3 is 14.8 Å². The van der Waals surface area contributed by atoms with Gasteiger partial charge in [0.05, 0.1) is 14.2 Å². The van der Waals surface area contributed by atoms with Crippen molar-refractivity contribution in [2.45, 2.75) is 19.3 Å². The molecule has 0 aromatic heterocycles. The predicted molar refractivity (Wildman–Crippen MR) is 76.2 cm³/mol. The molecule has 0 saturated heterocycles. The third kappa shape index (κ3) is 5.39. The lowest BCUT2D eigenvalue weighted by Crippen LogP contribution is -2.24. The van der Waals surface area contributed by atoms with Crippen LogP contribution in [0.1, 0.15) is 18.4 Å². The summed E-state index contributed by atoms with van der Waals surface area (Å²) in [7, 11) is 3.20. The second kappa shape index (κ2) is 8.64. The van der Waals surface area contributed by atoms with Gasteiger partial charge in [-0.1, -0.05) is 6.07 Å². The van der Waals surface area contributed by atoms with Gasteiger partial charge >= 0.3 is 0 Å². The first-order chi connectivity index (χ1) is 9.21. The van der Waals surface area contributed by atoms with Crippen LogP contribution in [0.5, 0.6) is 11.5 Å². The minimum absolute atomic E-state index is 0.0416. The summed E-state index contributed by atoms with van der Waals surface area (Å²) >= 11 is 5.54. The molecule has 0 aliphatic rings. The van der Waals surface area contributed by atoms with E-state index in [-0.39, 0.29) is 5.91 Å². The van der Waals surface area contributed by atoms with Crippen LogP contribution in [0.15, 0.2) is 18.2 Å². The fourth-order valence-corrected chi connectivity index (χ4v) is 1.81. The molecule has 1 aromatic carbocycles. The number of hydrogen-bond donors (Lipinski definition) is 1. The number of carbonyl (C=O) groups is 1. The fourth-order valence-electron chi connectivity index (χ4n) is 1.68. The van der Waals surface area contributed by atoms with Gasteiger partial charge in [0, 0.05) is 18.8 Å². The minimum Gasteiger partial charge on any atom is -0.493 e. The first-order valence-corrected chi connectivity index (χ1v) is 6.78. The molecule has 106 valence electrons. The van der Waals surface area contributed by atoms with Crippen molar-refractivity contribution >= 4 is 17.5 Å². The van der Waals surface area contributed by atoms with Crippen LogP contribution in [0.2, 0.25) is 0 Å². The van der Waals surface area contributed by atoms with Crippen LogP contribution in [0, 0.1) is 0 Å². The molecule has 0 atom stereocenters. The molecule has 0 aliphatic heterocycles. The van der Waals surface area contributed by atoms with Crippen molar-refractivity contribution in [3.8, 4) is 11.5 Å². The summed E-state index contributed by atoms with van der Waals surface area (Å²) in [5.74, 6) is 1.98. The highest BCUT2D eigenvalue weighted by Crippen LogP contribution is 2.27. The molecule has 5 heteroatoms. The summed E-state index contributed by atoms with van der Waals surface area (Å²) in [6.45, 7) is 0.633. The van der Waals surface area contributed by atoms with Crippen LogP contribution in [0.25, 0.3) is 0 Å². The lowest BCUT2D eigenvalue weighted by atomic mass is 10.1. The number of amides is 1. The van der Waals surface area contributed by atoms with Crippen molar-refractivity contribution < 1.29 is 14.3 Å². The molecular formula is C14H20ClNO3. The molecule has 0 heterocycles. The predicted octanol–water partition coefficient (Wildman–Crippen LogP) is 2.38. The number of methoxy groups -OCH3 is 2. The Kier molecular flexibility index (Phi) is 7.11. The number of alkyl halides is 1. The van der Waals surface area contributed by atoms with Crippen LogP contribution < -0.4 is 14.8 Å². The van der Waals surface area contributed by atoms with E-state index >= 15 is 0 Å². The van der Waals surface area contributed by atoms with E-state index in [1.807, 2.05) is 18.2 Å². The van der Waals surface area contributed by atoms with Gasteiger partial charge in [-0.2, -0.15) is 0 Å². The normalized spacial score (nSPS) is 10.1. The number of ether oxygens (including phenoxy) is 2.